The lowest BCUT2D eigenvalue weighted by molar-refractivity contribution is -0.139. The van der Waals surface area contributed by atoms with Crippen molar-refractivity contribution in [3.05, 3.63) is 46.5 Å². The molecule has 0 aromatic carbocycles. The monoisotopic (exact) mass is 338 g/mol. The minimum absolute atomic E-state index is 0.266. The van der Waals surface area contributed by atoms with Gasteiger partial charge in [-0.1, -0.05) is 0 Å². The first-order chi connectivity index (χ1) is 9.49. The van der Waals surface area contributed by atoms with E-state index in [0.29, 0.717) is 10.2 Å². The molecule has 1 atom stereocenters. The van der Waals surface area contributed by atoms with Gasteiger partial charge in [-0.25, -0.2) is 9.78 Å². The van der Waals surface area contributed by atoms with E-state index < -0.39 is 17.9 Å². The average molecular weight is 339 g/mol. The Balaban J connectivity index is 2.23. The van der Waals surface area contributed by atoms with Gasteiger partial charge in [0.15, 0.2) is 6.04 Å². The van der Waals surface area contributed by atoms with Crippen LogP contribution >= 0.6 is 15.9 Å². The predicted molar refractivity (Wildman–Crippen MR) is 73.0 cm³/mol. The van der Waals surface area contributed by atoms with E-state index in [2.05, 4.69) is 31.3 Å². The van der Waals surface area contributed by atoms with Crippen molar-refractivity contribution in [2.45, 2.75) is 6.04 Å². The first kappa shape index (κ1) is 14.2. The van der Waals surface area contributed by atoms with Crippen LogP contribution in [0.25, 0.3) is 0 Å². The van der Waals surface area contributed by atoms with E-state index >= 15 is 0 Å². The molecule has 7 nitrogen and oxygen atoms in total. The quantitative estimate of drug-likeness (QED) is 0.814. The highest BCUT2D eigenvalue weighted by atomic mass is 79.9. The maximum absolute atomic E-state index is 12.1. The fourth-order valence-electron chi connectivity index (χ4n) is 1.64. The van der Waals surface area contributed by atoms with Gasteiger partial charge < -0.3 is 10.4 Å². The van der Waals surface area contributed by atoms with Gasteiger partial charge in [-0.15, -0.1) is 0 Å². The summed E-state index contributed by atoms with van der Waals surface area (Å²) in [5, 5.41) is 15.6. The zero-order chi connectivity index (χ0) is 14.7. The number of halogens is 1. The second-order valence-electron chi connectivity index (χ2n) is 4.03. The van der Waals surface area contributed by atoms with E-state index in [4.69, 9.17) is 0 Å². The molecule has 2 aromatic heterocycles. The smallest absolute Gasteiger partial charge is 0.331 e. The molecular formula is C12H11BrN4O3. The molecular weight excluding hydrogens is 328 g/mol. The van der Waals surface area contributed by atoms with E-state index in [9.17, 15) is 14.7 Å². The molecule has 8 heteroatoms. The zero-order valence-corrected chi connectivity index (χ0v) is 12.0. The van der Waals surface area contributed by atoms with Crippen molar-refractivity contribution < 1.29 is 14.7 Å². The van der Waals surface area contributed by atoms with Gasteiger partial charge >= 0.3 is 5.97 Å². The molecule has 2 N–H and O–H groups in total. The van der Waals surface area contributed by atoms with Crippen molar-refractivity contribution in [2.75, 3.05) is 0 Å². The van der Waals surface area contributed by atoms with Crippen molar-refractivity contribution in [2.24, 2.45) is 7.05 Å². The molecule has 1 unspecified atom stereocenters. The second kappa shape index (κ2) is 5.83. The van der Waals surface area contributed by atoms with Gasteiger partial charge in [0.05, 0.1) is 11.8 Å². The fraction of sp³-hybridized carbons (Fsp3) is 0.167. The number of aryl methyl sites for hydroxylation is 1. The minimum Gasteiger partial charge on any atom is -0.479 e. The van der Waals surface area contributed by atoms with Crippen LogP contribution in [0.2, 0.25) is 0 Å². The summed E-state index contributed by atoms with van der Waals surface area (Å²) in [6, 6.07) is 1.98. The number of hydrogen-bond acceptors (Lipinski definition) is 4. The van der Waals surface area contributed by atoms with Gasteiger partial charge in [-0.3, -0.25) is 9.48 Å². The van der Waals surface area contributed by atoms with Gasteiger partial charge in [0.25, 0.3) is 5.91 Å². The number of rotatable bonds is 4. The van der Waals surface area contributed by atoms with Crippen molar-refractivity contribution >= 4 is 27.8 Å². The minimum atomic E-state index is -1.16. The lowest BCUT2D eigenvalue weighted by Gasteiger charge is -2.13. The number of carboxylic acid groups (broad SMARTS) is 1. The van der Waals surface area contributed by atoms with Gasteiger partial charge in [0.2, 0.25) is 0 Å². The molecule has 2 rings (SSSR count). The van der Waals surface area contributed by atoms with Gasteiger partial charge in [-0.2, -0.15) is 5.10 Å². The highest BCUT2D eigenvalue weighted by molar-refractivity contribution is 9.10. The molecule has 2 aromatic rings. The molecule has 0 spiro atoms. The Kier molecular flexibility index (Phi) is 4.14. The largest absolute Gasteiger partial charge is 0.479 e. The topological polar surface area (TPSA) is 97.1 Å². The zero-order valence-electron chi connectivity index (χ0n) is 10.4. The lowest BCUT2D eigenvalue weighted by Crippen LogP contribution is -2.33. The van der Waals surface area contributed by atoms with Crippen molar-refractivity contribution in [1.82, 2.24) is 20.1 Å². The molecule has 2 heterocycles. The Labute approximate surface area is 122 Å². The number of carboxylic acids is 1. The standard InChI is InChI=1S/C12H11BrN4O3/c1-17-6-7(5-15-17)9(12(19)20)16-11(18)8-3-2-4-14-10(8)13/h2-6,9H,1H3,(H,16,18)(H,19,20). The third-order valence-electron chi connectivity index (χ3n) is 2.58. The van der Waals surface area contributed by atoms with Crippen LogP contribution in [0.3, 0.4) is 0 Å². The van der Waals surface area contributed by atoms with Crippen molar-refractivity contribution in [1.29, 1.82) is 0 Å². The van der Waals surface area contributed by atoms with Crippen LogP contribution in [0.4, 0.5) is 0 Å². The Morgan fingerprint density at radius 3 is 2.80 bits per heavy atom. The lowest BCUT2D eigenvalue weighted by atomic mass is 10.1. The summed E-state index contributed by atoms with van der Waals surface area (Å²) in [6.45, 7) is 0. The third-order valence-corrected chi connectivity index (χ3v) is 3.22. The van der Waals surface area contributed by atoms with Crippen LogP contribution in [-0.4, -0.2) is 31.7 Å². The summed E-state index contributed by atoms with van der Waals surface area (Å²) in [5.41, 5.74) is 0.663. The predicted octanol–water partition coefficient (Wildman–Crippen LogP) is 1.13. The van der Waals surface area contributed by atoms with E-state index in [1.54, 1.807) is 19.2 Å². The first-order valence-corrected chi connectivity index (χ1v) is 6.41. The van der Waals surface area contributed by atoms with E-state index in [-0.39, 0.29) is 5.56 Å². The van der Waals surface area contributed by atoms with Crippen LogP contribution in [-0.2, 0) is 11.8 Å². The van der Waals surface area contributed by atoms with E-state index in [0.717, 1.165) is 0 Å². The molecule has 0 bridgehead atoms. The van der Waals surface area contributed by atoms with Crippen LogP contribution in [0.5, 0.6) is 0 Å². The molecule has 0 saturated carbocycles. The molecule has 20 heavy (non-hydrogen) atoms. The number of hydrogen-bond donors (Lipinski definition) is 2. The van der Waals surface area contributed by atoms with E-state index in [1.165, 1.54) is 23.3 Å². The molecule has 0 aliphatic rings. The summed E-state index contributed by atoms with van der Waals surface area (Å²) >= 11 is 3.15. The van der Waals surface area contributed by atoms with Crippen molar-refractivity contribution in [3.63, 3.8) is 0 Å². The highest BCUT2D eigenvalue weighted by Gasteiger charge is 2.24. The first-order valence-electron chi connectivity index (χ1n) is 5.61. The molecule has 1 amide bonds. The number of carbonyl (C=O) groups excluding carboxylic acids is 1. The van der Waals surface area contributed by atoms with Crippen LogP contribution < -0.4 is 5.32 Å². The van der Waals surface area contributed by atoms with Gasteiger partial charge in [-0.05, 0) is 28.1 Å². The fourth-order valence-corrected chi connectivity index (χ4v) is 2.07. The second-order valence-corrected chi connectivity index (χ2v) is 4.78. The highest BCUT2D eigenvalue weighted by Crippen LogP contribution is 2.16. The molecule has 104 valence electrons. The average Bonchev–Trinajstić information content (AvgIpc) is 2.82. The van der Waals surface area contributed by atoms with Crippen LogP contribution in [0, 0.1) is 0 Å². The SMILES string of the molecule is Cn1cc(C(NC(=O)c2cccnc2Br)C(=O)O)cn1. The van der Waals surface area contributed by atoms with Crippen molar-refractivity contribution in [3.8, 4) is 0 Å². The normalized spacial score (nSPS) is 11.9. The molecule has 0 aliphatic heterocycles. The third kappa shape index (κ3) is 3.02. The number of aliphatic carboxylic acids is 1. The summed E-state index contributed by atoms with van der Waals surface area (Å²) in [5.74, 6) is -1.69. The molecule has 0 radical (unpaired) electrons. The van der Waals surface area contributed by atoms with Crippen LogP contribution in [0.15, 0.2) is 35.3 Å². The Morgan fingerprint density at radius 2 is 2.25 bits per heavy atom. The summed E-state index contributed by atoms with van der Waals surface area (Å²) < 4.78 is 1.82. The summed E-state index contributed by atoms with van der Waals surface area (Å²) in [7, 11) is 1.67. The number of aromatic nitrogens is 3. The van der Waals surface area contributed by atoms with Crippen LogP contribution in [0.1, 0.15) is 22.0 Å². The Morgan fingerprint density at radius 1 is 1.50 bits per heavy atom. The van der Waals surface area contributed by atoms with E-state index in [1.807, 2.05) is 0 Å². The van der Waals surface area contributed by atoms with Gasteiger partial charge in [0.1, 0.15) is 4.60 Å². The number of nitrogens with zero attached hydrogens (tertiary/aromatic N) is 3. The number of amides is 1. The number of carbonyl (C=O) groups is 2. The maximum atomic E-state index is 12.1. The Bertz CT molecular complexity index is 656. The molecule has 0 saturated heterocycles. The Hall–Kier alpha value is -2.22. The van der Waals surface area contributed by atoms with Gasteiger partial charge in [0, 0.05) is 25.0 Å². The number of pyridine rings is 1. The number of nitrogens with one attached hydrogen (secondary N) is 1. The molecule has 0 aliphatic carbocycles. The summed E-state index contributed by atoms with van der Waals surface area (Å²) in [6.07, 6.45) is 4.46. The molecule has 0 fully saturated rings. The summed E-state index contributed by atoms with van der Waals surface area (Å²) in [4.78, 5) is 27.3. The maximum Gasteiger partial charge on any atom is 0.331 e.